The average Bonchev–Trinajstić information content (AvgIpc) is 3.51. The molecule has 2 aromatic carbocycles. The van der Waals surface area contributed by atoms with Crippen molar-refractivity contribution in [3.8, 4) is 30.9 Å². The molecule has 0 radical (unpaired) electrons. The summed E-state index contributed by atoms with van der Waals surface area (Å²) in [6, 6.07) is 13.9. The maximum atomic E-state index is 11.3. The van der Waals surface area contributed by atoms with E-state index >= 15 is 0 Å². The number of unbranched alkanes of at least 4 members (excludes halogenated alkanes) is 2. The second kappa shape index (κ2) is 11.6. The second-order valence-corrected chi connectivity index (χ2v) is 10.6. The Bertz CT molecular complexity index is 1250. The molecule has 0 saturated carbocycles. The van der Waals surface area contributed by atoms with E-state index in [0.29, 0.717) is 0 Å². The van der Waals surface area contributed by atoms with Crippen molar-refractivity contribution in [1.82, 2.24) is 9.97 Å². The quantitative estimate of drug-likeness (QED) is 0.210. The number of aromatic nitrogens is 2. The highest BCUT2D eigenvalue weighted by molar-refractivity contribution is 7.24. The van der Waals surface area contributed by atoms with E-state index in [0.717, 1.165) is 80.8 Å². The van der Waals surface area contributed by atoms with E-state index in [4.69, 9.17) is 9.97 Å². The number of hydrogen-bond acceptors (Lipinski definition) is 6. The molecule has 0 atom stereocenters. The highest BCUT2D eigenvalue weighted by Crippen LogP contribution is 2.41. The minimum Gasteiger partial charge on any atom is -0.478 e. The predicted molar refractivity (Wildman–Crippen MR) is 145 cm³/mol. The van der Waals surface area contributed by atoms with Crippen molar-refractivity contribution >= 4 is 34.6 Å². The molecule has 36 heavy (non-hydrogen) atoms. The number of nitrogens with zero attached hydrogens (tertiary/aromatic N) is 2. The van der Waals surface area contributed by atoms with Crippen molar-refractivity contribution in [1.29, 1.82) is 0 Å². The summed E-state index contributed by atoms with van der Waals surface area (Å²) in [5.74, 6) is -1.88. The molecule has 186 valence electrons. The zero-order chi connectivity index (χ0) is 25.7. The molecule has 0 saturated heterocycles. The van der Waals surface area contributed by atoms with Crippen molar-refractivity contribution in [2.24, 2.45) is 0 Å². The maximum Gasteiger partial charge on any atom is 0.335 e. The van der Waals surface area contributed by atoms with E-state index in [9.17, 15) is 19.8 Å². The van der Waals surface area contributed by atoms with Crippen LogP contribution in [-0.2, 0) is 12.8 Å². The third kappa shape index (κ3) is 5.71. The summed E-state index contributed by atoms with van der Waals surface area (Å²) in [6.45, 7) is 4.30. The molecule has 0 amide bonds. The lowest BCUT2D eigenvalue weighted by molar-refractivity contribution is 0.0686. The molecule has 6 nitrogen and oxygen atoms in total. The Morgan fingerprint density at radius 1 is 0.667 bits per heavy atom. The fourth-order valence-corrected chi connectivity index (χ4v) is 6.15. The highest BCUT2D eigenvalue weighted by Gasteiger charge is 2.20. The first kappa shape index (κ1) is 25.7. The monoisotopic (exact) mass is 520 g/mol. The van der Waals surface area contributed by atoms with Crippen LogP contribution >= 0.6 is 22.7 Å². The topological polar surface area (TPSA) is 100 Å². The Hall–Kier alpha value is -3.36. The van der Waals surface area contributed by atoms with Gasteiger partial charge in [0, 0.05) is 0 Å². The van der Waals surface area contributed by atoms with Gasteiger partial charge in [0.15, 0.2) is 10.0 Å². The summed E-state index contributed by atoms with van der Waals surface area (Å²) >= 11 is 3.18. The van der Waals surface area contributed by atoms with Gasteiger partial charge in [-0.15, -0.1) is 22.7 Å². The van der Waals surface area contributed by atoms with E-state index in [2.05, 4.69) is 13.8 Å². The van der Waals surface area contributed by atoms with Crippen LogP contribution in [0.5, 0.6) is 0 Å². The summed E-state index contributed by atoms with van der Waals surface area (Å²) in [4.78, 5) is 34.6. The molecule has 0 aliphatic rings. The van der Waals surface area contributed by atoms with Crippen LogP contribution in [0.25, 0.3) is 30.9 Å². The molecule has 0 bridgehead atoms. The van der Waals surface area contributed by atoms with Gasteiger partial charge in [-0.3, -0.25) is 0 Å². The number of aromatic carboxylic acids is 2. The van der Waals surface area contributed by atoms with E-state index in [1.807, 2.05) is 24.3 Å². The molecule has 2 N–H and O–H groups in total. The van der Waals surface area contributed by atoms with Gasteiger partial charge in [-0.25, -0.2) is 19.6 Å². The van der Waals surface area contributed by atoms with Gasteiger partial charge in [0.1, 0.15) is 0 Å². The standard InChI is InChI=1S/C28H28N2O4S2/c1-3-5-7-21-23(17-9-13-19(14-10-17)27(31)32)35-25(29-21)26-30-22(8-6-4-2)24(36-26)18-11-15-20(16-12-18)28(33)34/h9-16H,3-8H2,1-2H3,(H,31,32)(H,33,34). The molecule has 0 aliphatic heterocycles. The summed E-state index contributed by atoms with van der Waals surface area (Å²) in [6.07, 6.45) is 5.84. The van der Waals surface area contributed by atoms with Crippen molar-refractivity contribution in [3.05, 3.63) is 71.0 Å². The van der Waals surface area contributed by atoms with E-state index in [-0.39, 0.29) is 11.1 Å². The van der Waals surface area contributed by atoms with Crippen molar-refractivity contribution in [2.45, 2.75) is 52.4 Å². The fourth-order valence-electron chi connectivity index (χ4n) is 3.89. The third-order valence-electron chi connectivity index (χ3n) is 5.90. The molecule has 0 unspecified atom stereocenters. The van der Waals surface area contributed by atoms with Crippen molar-refractivity contribution in [3.63, 3.8) is 0 Å². The van der Waals surface area contributed by atoms with Crippen LogP contribution in [-0.4, -0.2) is 32.1 Å². The third-order valence-corrected chi connectivity index (χ3v) is 8.34. The molecule has 4 aromatic rings. The number of carboxylic acid groups (broad SMARTS) is 2. The minimum absolute atomic E-state index is 0.262. The Morgan fingerprint density at radius 2 is 1.03 bits per heavy atom. The molecular formula is C28H28N2O4S2. The van der Waals surface area contributed by atoms with Gasteiger partial charge in [0.2, 0.25) is 0 Å². The molecule has 0 fully saturated rings. The number of rotatable bonds is 11. The van der Waals surface area contributed by atoms with E-state index < -0.39 is 11.9 Å². The first-order valence-corrected chi connectivity index (χ1v) is 13.7. The SMILES string of the molecule is CCCCc1nc(-c2nc(CCCC)c(-c3ccc(C(=O)O)cc3)s2)sc1-c1ccc(C(=O)O)cc1. The van der Waals surface area contributed by atoms with Gasteiger partial charge < -0.3 is 10.2 Å². The van der Waals surface area contributed by atoms with Crippen LogP contribution < -0.4 is 0 Å². The minimum atomic E-state index is -0.941. The van der Waals surface area contributed by atoms with E-state index in [1.165, 1.54) is 0 Å². The number of carboxylic acids is 2. The fraction of sp³-hybridized carbons (Fsp3) is 0.286. The summed E-state index contributed by atoms with van der Waals surface area (Å²) in [7, 11) is 0. The lowest BCUT2D eigenvalue weighted by Crippen LogP contribution is -1.95. The predicted octanol–water partition coefficient (Wildman–Crippen LogP) is 7.68. The molecule has 0 spiro atoms. The molecular weight excluding hydrogens is 492 g/mol. The molecule has 0 aliphatic carbocycles. The summed E-state index contributed by atoms with van der Waals surface area (Å²) in [5.41, 5.74) is 4.47. The van der Waals surface area contributed by atoms with Crippen LogP contribution in [0.1, 0.15) is 71.6 Å². The van der Waals surface area contributed by atoms with Crippen molar-refractivity contribution in [2.75, 3.05) is 0 Å². The van der Waals surface area contributed by atoms with E-state index in [1.54, 1.807) is 46.9 Å². The van der Waals surface area contributed by atoms with Crippen LogP contribution in [0.2, 0.25) is 0 Å². The lowest BCUT2D eigenvalue weighted by Gasteiger charge is -2.02. The number of carbonyl (C=O) groups is 2. The molecule has 2 aromatic heterocycles. The Balaban J connectivity index is 1.75. The van der Waals surface area contributed by atoms with Crippen LogP contribution in [0.3, 0.4) is 0 Å². The van der Waals surface area contributed by atoms with Gasteiger partial charge in [-0.05, 0) is 61.1 Å². The van der Waals surface area contributed by atoms with Crippen LogP contribution in [0.4, 0.5) is 0 Å². The largest absolute Gasteiger partial charge is 0.478 e. The number of hydrogen-bond donors (Lipinski definition) is 2. The van der Waals surface area contributed by atoms with Crippen LogP contribution in [0.15, 0.2) is 48.5 Å². The molecule has 8 heteroatoms. The molecule has 4 rings (SSSR count). The Labute approximate surface area is 218 Å². The normalized spacial score (nSPS) is 11.1. The van der Waals surface area contributed by atoms with Gasteiger partial charge in [-0.2, -0.15) is 0 Å². The van der Waals surface area contributed by atoms with Gasteiger partial charge >= 0.3 is 11.9 Å². The van der Waals surface area contributed by atoms with Crippen molar-refractivity contribution < 1.29 is 19.8 Å². The van der Waals surface area contributed by atoms with Crippen LogP contribution in [0, 0.1) is 0 Å². The second-order valence-electron chi connectivity index (χ2n) is 8.56. The summed E-state index contributed by atoms with van der Waals surface area (Å²) in [5, 5.41) is 20.2. The zero-order valence-electron chi connectivity index (χ0n) is 20.3. The first-order valence-electron chi connectivity index (χ1n) is 12.1. The number of benzene rings is 2. The highest BCUT2D eigenvalue weighted by atomic mass is 32.1. The average molecular weight is 521 g/mol. The lowest BCUT2D eigenvalue weighted by atomic mass is 10.1. The maximum absolute atomic E-state index is 11.3. The van der Waals surface area contributed by atoms with Gasteiger partial charge in [-0.1, -0.05) is 51.0 Å². The molecule has 2 heterocycles. The van der Waals surface area contributed by atoms with Gasteiger partial charge in [0.25, 0.3) is 0 Å². The van der Waals surface area contributed by atoms with Gasteiger partial charge in [0.05, 0.1) is 32.3 Å². The zero-order valence-corrected chi connectivity index (χ0v) is 21.9. The number of thiazole rings is 2. The first-order chi connectivity index (χ1) is 17.4. The Morgan fingerprint density at radius 3 is 1.33 bits per heavy atom. The smallest absolute Gasteiger partial charge is 0.335 e. The number of aryl methyl sites for hydroxylation is 2. The Kier molecular flexibility index (Phi) is 8.28. The summed E-state index contributed by atoms with van der Waals surface area (Å²) < 4.78 is 0.